The molecule has 3 heterocycles. The summed E-state index contributed by atoms with van der Waals surface area (Å²) in [4.78, 5) is 16.1. The molecule has 112 valence electrons. The number of nitrogens with zero attached hydrogens (tertiary/aromatic N) is 6. The van der Waals surface area contributed by atoms with Crippen molar-refractivity contribution in [1.29, 1.82) is 0 Å². The van der Waals surface area contributed by atoms with Gasteiger partial charge in [0.05, 0.1) is 6.61 Å². The summed E-state index contributed by atoms with van der Waals surface area (Å²) in [5, 5.41) is 7.14. The zero-order valence-corrected chi connectivity index (χ0v) is 12.1. The molecule has 10 heteroatoms. The van der Waals surface area contributed by atoms with Crippen LogP contribution in [0.3, 0.4) is 0 Å². The van der Waals surface area contributed by atoms with Crippen LogP contribution in [-0.2, 0) is 9.47 Å². The molecule has 1 atom stereocenters. The molecule has 1 unspecified atom stereocenters. The lowest BCUT2D eigenvalue weighted by Gasteiger charge is -2.25. The number of anilines is 1. The van der Waals surface area contributed by atoms with Crippen molar-refractivity contribution in [2.75, 3.05) is 32.2 Å². The van der Waals surface area contributed by atoms with E-state index in [1.54, 1.807) is 7.11 Å². The van der Waals surface area contributed by atoms with E-state index in [4.69, 9.17) is 21.1 Å². The van der Waals surface area contributed by atoms with Crippen LogP contribution in [0.1, 0.15) is 6.42 Å². The molecule has 21 heavy (non-hydrogen) atoms. The predicted molar refractivity (Wildman–Crippen MR) is 73.4 cm³/mol. The molecular weight excluding hydrogens is 298 g/mol. The third-order valence-electron chi connectivity index (χ3n) is 3.29. The van der Waals surface area contributed by atoms with Crippen LogP contribution in [0.2, 0.25) is 5.28 Å². The average molecular weight is 312 g/mol. The lowest BCUT2D eigenvalue weighted by atomic mass is 10.0. The summed E-state index contributed by atoms with van der Waals surface area (Å²) >= 11 is 5.91. The molecule has 0 spiro atoms. The number of methoxy groups -OCH3 is 1. The Balaban J connectivity index is 1.76. The van der Waals surface area contributed by atoms with Crippen molar-refractivity contribution in [2.45, 2.75) is 12.0 Å². The molecule has 0 bridgehead atoms. The van der Waals surface area contributed by atoms with Gasteiger partial charge in [-0.25, -0.2) is 4.98 Å². The molecule has 1 saturated heterocycles. The van der Waals surface area contributed by atoms with Gasteiger partial charge >= 0.3 is 0 Å². The highest BCUT2D eigenvalue weighted by Gasteiger charge is 2.35. The van der Waals surface area contributed by atoms with Crippen LogP contribution in [-0.4, -0.2) is 62.2 Å². The van der Waals surface area contributed by atoms with Crippen molar-refractivity contribution in [1.82, 2.24) is 29.7 Å². The maximum absolute atomic E-state index is 5.91. The summed E-state index contributed by atoms with van der Waals surface area (Å²) in [5.41, 5.74) is -0.369. The molecule has 0 amide bonds. The van der Waals surface area contributed by atoms with Crippen molar-refractivity contribution in [3.63, 3.8) is 0 Å². The van der Waals surface area contributed by atoms with Crippen LogP contribution < -0.4 is 5.32 Å². The Morgan fingerprint density at radius 1 is 1.48 bits per heavy atom. The zero-order valence-electron chi connectivity index (χ0n) is 11.4. The first-order chi connectivity index (χ1) is 10.2. The maximum Gasteiger partial charge on any atom is 0.258 e. The van der Waals surface area contributed by atoms with E-state index in [0.29, 0.717) is 31.7 Å². The summed E-state index contributed by atoms with van der Waals surface area (Å²) in [6.07, 6.45) is 3.68. The molecule has 1 aliphatic rings. The van der Waals surface area contributed by atoms with Gasteiger partial charge in [-0.2, -0.15) is 24.7 Å². The molecule has 9 nitrogen and oxygen atoms in total. The molecule has 0 aromatic carbocycles. The normalized spacial score (nSPS) is 21.6. The SMILES string of the molecule is COC1(CNc2nc(Cl)nc(-n3cncn3)n2)CCOC1. The second-order valence-electron chi connectivity index (χ2n) is 4.61. The number of nitrogens with one attached hydrogen (secondary N) is 1. The quantitative estimate of drug-likeness (QED) is 0.843. The predicted octanol–water partition coefficient (Wildman–Crippen LogP) is 0.323. The standard InChI is InChI=1S/C11H14ClN7O2/c1-20-11(2-3-21-5-11)4-14-9-16-8(12)17-10(18-9)19-7-13-6-15-19/h6-7H,2-5H2,1H3,(H,14,16,17,18). The Kier molecular flexibility index (Phi) is 3.95. The fraction of sp³-hybridized carbons (Fsp3) is 0.545. The third-order valence-corrected chi connectivity index (χ3v) is 3.46. The molecule has 2 aromatic heterocycles. The minimum atomic E-state index is -0.369. The Morgan fingerprint density at radius 3 is 3.05 bits per heavy atom. The molecule has 1 N–H and O–H groups in total. The summed E-state index contributed by atoms with van der Waals surface area (Å²) in [6.45, 7) is 1.73. The number of ether oxygens (including phenoxy) is 2. The van der Waals surface area contributed by atoms with E-state index in [9.17, 15) is 0 Å². The lowest BCUT2D eigenvalue weighted by molar-refractivity contribution is -0.00631. The highest BCUT2D eigenvalue weighted by Crippen LogP contribution is 2.22. The molecule has 2 aromatic rings. The summed E-state index contributed by atoms with van der Waals surface area (Å²) in [6, 6.07) is 0. The first-order valence-corrected chi connectivity index (χ1v) is 6.72. The van der Waals surface area contributed by atoms with E-state index < -0.39 is 0 Å². The smallest absolute Gasteiger partial charge is 0.258 e. The van der Waals surface area contributed by atoms with Gasteiger partial charge in [-0.1, -0.05) is 0 Å². The van der Waals surface area contributed by atoms with E-state index >= 15 is 0 Å². The second-order valence-corrected chi connectivity index (χ2v) is 4.95. The van der Waals surface area contributed by atoms with Crippen LogP contribution in [0, 0.1) is 0 Å². The van der Waals surface area contributed by atoms with Crippen molar-refractivity contribution in [3.05, 3.63) is 17.9 Å². The highest BCUT2D eigenvalue weighted by atomic mass is 35.5. The summed E-state index contributed by atoms with van der Waals surface area (Å²) in [7, 11) is 1.66. The van der Waals surface area contributed by atoms with Gasteiger partial charge in [0.2, 0.25) is 11.2 Å². The minimum absolute atomic E-state index is 0.0761. The Labute approximate surface area is 125 Å². The molecule has 0 radical (unpaired) electrons. The summed E-state index contributed by atoms with van der Waals surface area (Å²) < 4.78 is 12.3. The number of rotatable bonds is 5. The van der Waals surface area contributed by atoms with Crippen molar-refractivity contribution < 1.29 is 9.47 Å². The summed E-state index contributed by atoms with van der Waals surface area (Å²) in [5.74, 6) is 0.646. The second kappa shape index (κ2) is 5.88. The number of hydrogen-bond donors (Lipinski definition) is 1. The van der Waals surface area contributed by atoms with Crippen molar-refractivity contribution in [3.8, 4) is 5.95 Å². The Morgan fingerprint density at radius 2 is 2.38 bits per heavy atom. The van der Waals surface area contributed by atoms with Gasteiger partial charge in [0.25, 0.3) is 5.95 Å². The van der Waals surface area contributed by atoms with Gasteiger partial charge in [0.1, 0.15) is 18.3 Å². The van der Waals surface area contributed by atoms with Crippen LogP contribution in [0.25, 0.3) is 5.95 Å². The van der Waals surface area contributed by atoms with Crippen LogP contribution in [0.4, 0.5) is 5.95 Å². The number of hydrogen-bond acceptors (Lipinski definition) is 8. The molecule has 1 fully saturated rings. The van der Waals surface area contributed by atoms with E-state index in [1.165, 1.54) is 17.3 Å². The minimum Gasteiger partial charge on any atom is -0.378 e. The van der Waals surface area contributed by atoms with Crippen LogP contribution in [0.5, 0.6) is 0 Å². The number of aromatic nitrogens is 6. The maximum atomic E-state index is 5.91. The van der Waals surface area contributed by atoms with Gasteiger partial charge in [0.15, 0.2) is 0 Å². The Bertz CT molecular complexity index is 601. The van der Waals surface area contributed by atoms with E-state index in [1.807, 2.05) is 0 Å². The Hall–Kier alpha value is -1.84. The van der Waals surface area contributed by atoms with Gasteiger partial charge < -0.3 is 14.8 Å². The molecule has 0 aliphatic carbocycles. The van der Waals surface area contributed by atoms with E-state index in [0.717, 1.165) is 6.42 Å². The van der Waals surface area contributed by atoms with Crippen LogP contribution >= 0.6 is 11.6 Å². The largest absolute Gasteiger partial charge is 0.378 e. The van der Waals surface area contributed by atoms with Crippen LogP contribution in [0.15, 0.2) is 12.7 Å². The molecule has 3 rings (SSSR count). The van der Waals surface area contributed by atoms with Gasteiger partial charge in [-0.05, 0) is 11.6 Å². The van der Waals surface area contributed by atoms with Gasteiger partial charge in [0, 0.05) is 26.7 Å². The molecular formula is C11H14ClN7O2. The monoisotopic (exact) mass is 311 g/mol. The molecule has 0 saturated carbocycles. The molecule has 1 aliphatic heterocycles. The topological polar surface area (TPSA) is 99.9 Å². The van der Waals surface area contributed by atoms with E-state index in [-0.39, 0.29) is 10.9 Å². The third kappa shape index (κ3) is 3.09. The number of halogens is 1. The zero-order chi connectivity index (χ0) is 14.7. The first-order valence-electron chi connectivity index (χ1n) is 6.34. The van der Waals surface area contributed by atoms with E-state index in [2.05, 4.69) is 30.4 Å². The van der Waals surface area contributed by atoms with Gasteiger partial charge in [-0.3, -0.25) is 0 Å². The fourth-order valence-electron chi connectivity index (χ4n) is 2.03. The highest BCUT2D eigenvalue weighted by molar-refractivity contribution is 6.28. The average Bonchev–Trinajstić information content (AvgIpc) is 3.17. The first kappa shape index (κ1) is 14.1. The van der Waals surface area contributed by atoms with Gasteiger partial charge in [-0.15, -0.1) is 0 Å². The lowest BCUT2D eigenvalue weighted by Crippen LogP contribution is -2.40. The van der Waals surface area contributed by atoms with Crippen molar-refractivity contribution in [2.24, 2.45) is 0 Å². The fourth-order valence-corrected chi connectivity index (χ4v) is 2.19. The van der Waals surface area contributed by atoms with Crippen molar-refractivity contribution >= 4 is 17.5 Å².